The van der Waals surface area contributed by atoms with Crippen LogP contribution in [-0.2, 0) is 18.9 Å². The molecule has 0 aliphatic rings. The van der Waals surface area contributed by atoms with Crippen molar-refractivity contribution in [3.8, 4) is 11.4 Å². The first-order chi connectivity index (χ1) is 15.4. The molecule has 0 aliphatic heterocycles. The lowest BCUT2D eigenvalue weighted by molar-refractivity contribution is 0.0503. The van der Waals surface area contributed by atoms with Crippen molar-refractivity contribution in [2.45, 2.75) is 27.7 Å². The molecular weight excluding hydrogens is 420 g/mol. The lowest BCUT2D eigenvalue weighted by Crippen LogP contribution is -2.16. The van der Waals surface area contributed by atoms with E-state index in [1.807, 2.05) is 0 Å². The fourth-order valence-electron chi connectivity index (χ4n) is 2.66. The molecule has 0 N–H and O–H groups in total. The molecule has 0 saturated heterocycles. The smallest absolute Gasteiger partial charge is 0.356 e. The number of hydrogen-bond donors (Lipinski definition) is 0. The molecule has 0 unspecified atom stereocenters. The fourth-order valence-corrected chi connectivity index (χ4v) is 2.66. The van der Waals surface area contributed by atoms with Crippen molar-refractivity contribution in [1.82, 2.24) is 9.97 Å². The first kappa shape index (κ1) is 24.4. The molecule has 2 heterocycles. The third kappa shape index (κ3) is 5.65. The SMILES string of the molecule is CCOC(=O)c1ccc(C(=O)OCC)c(-c2nc(C(=O)OCC)ccc2C(=O)OCC)n1. The number of rotatable bonds is 9. The summed E-state index contributed by atoms with van der Waals surface area (Å²) >= 11 is 0. The molecule has 0 radical (unpaired) electrons. The predicted molar refractivity (Wildman–Crippen MR) is 111 cm³/mol. The number of esters is 4. The van der Waals surface area contributed by atoms with E-state index < -0.39 is 23.9 Å². The maximum Gasteiger partial charge on any atom is 0.356 e. The van der Waals surface area contributed by atoms with E-state index in [4.69, 9.17) is 18.9 Å². The quantitative estimate of drug-likeness (QED) is 0.420. The number of hydrogen-bond acceptors (Lipinski definition) is 10. The van der Waals surface area contributed by atoms with Gasteiger partial charge in [-0.25, -0.2) is 29.1 Å². The van der Waals surface area contributed by atoms with Gasteiger partial charge in [-0.2, -0.15) is 0 Å². The van der Waals surface area contributed by atoms with Crippen LogP contribution in [0.3, 0.4) is 0 Å². The number of ether oxygens (including phenoxy) is 4. The molecule has 0 amide bonds. The van der Waals surface area contributed by atoms with Crippen LogP contribution >= 0.6 is 0 Å². The molecule has 0 fully saturated rings. The van der Waals surface area contributed by atoms with E-state index in [9.17, 15) is 19.2 Å². The normalized spacial score (nSPS) is 10.2. The van der Waals surface area contributed by atoms with E-state index in [0.29, 0.717) is 0 Å². The molecule has 2 aromatic rings. The van der Waals surface area contributed by atoms with Gasteiger partial charge in [-0.3, -0.25) is 0 Å². The Hall–Kier alpha value is -3.82. The minimum Gasteiger partial charge on any atom is -0.462 e. The third-order valence-corrected chi connectivity index (χ3v) is 3.97. The molecule has 0 spiro atoms. The maximum absolute atomic E-state index is 12.6. The standard InChI is InChI=1S/C22H24N2O8/c1-5-29-19(25)13-9-11-15(21(27)31-7-3)23-17(13)18-14(20(26)30-6-2)10-12-16(24-18)22(28)32-8-4/h9-12H,5-8H2,1-4H3. The molecule has 0 aliphatic carbocycles. The summed E-state index contributed by atoms with van der Waals surface area (Å²) < 4.78 is 20.1. The van der Waals surface area contributed by atoms with Crippen LogP contribution in [-0.4, -0.2) is 60.3 Å². The summed E-state index contributed by atoms with van der Waals surface area (Å²) in [6, 6.07) is 5.24. The van der Waals surface area contributed by atoms with E-state index in [2.05, 4.69) is 9.97 Å². The second-order valence-corrected chi connectivity index (χ2v) is 6.07. The molecule has 10 nitrogen and oxygen atoms in total. The van der Waals surface area contributed by atoms with Crippen LogP contribution in [0.1, 0.15) is 69.4 Å². The molecule has 2 rings (SSSR count). The Kier molecular flexibility index (Phi) is 8.82. The van der Waals surface area contributed by atoms with E-state index in [-0.39, 0.29) is 60.3 Å². The average molecular weight is 444 g/mol. The zero-order valence-corrected chi connectivity index (χ0v) is 18.3. The number of carbonyl (C=O) groups is 4. The minimum absolute atomic E-state index is 0.0565. The molecular formula is C22H24N2O8. The van der Waals surface area contributed by atoms with Gasteiger partial charge in [-0.05, 0) is 52.0 Å². The second-order valence-electron chi connectivity index (χ2n) is 6.07. The number of carbonyl (C=O) groups excluding carboxylic acids is 4. The summed E-state index contributed by atoms with van der Waals surface area (Å²) in [4.78, 5) is 58.0. The van der Waals surface area contributed by atoms with E-state index in [1.54, 1.807) is 27.7 Å². The number of aromatic nitrogens is 2. The number of nitrogens with zero attached hydrogens (tertiary/aromatic N) is 2. The largest absolute Gasteiger partial charge is 0.462 e. The molecule has 0 aromatic carbocycles. The Labute approximate surface area is 184 Å². The van der Waals surface area contributed by atoms with Crippen molar-refractivity contribution in [3.05, 3.63) is 46.8 Å². The van der Waals surface area contributed by atoms with Crippen LogP contribution in [0, 0.1) is 0 Å². The Balaban J connectivity index is 2.79. The van der Waals surface area contributed by atoms with Gasteiger partial charge in [-0.15, -0.1) is 0 Å². The minimum atomic E-state index is -0.747. The molecule has 10 heteroatoms. The Morgan fingerprint density at radius 1 is 0.562 bits per heavy atom. The van der Waals surface area contributed by atoms with Gasteiger partial charge in [0.2, 0.25) is 0 Å². The molecule has 0 saturated carbocycles. The second kappa shape index (κ2) is 11.5. The topological polar surface area (TPSA) is 131 Å². The van der Waals surface area contributed by atoms with Gasteiger partial charge in [0.15, 0.2) is 0 Å². The highest BCUT2D eigenvalue weighted by Crippen LogP contribution is 2.27. The fraction of sp³-hybridized carbons (Fsp3) is 0.364. The Morgan fingerprint density at radius 3 is 1.19 bits per heavy atom. The van der Waals surface area contributed by atoms with Crippen molar-refractivity contribution in [2.24, 2.45) is 0 Å². The van der Waals surface area contributed by atoms with Crippen LogP contribution in [0.5, 0.6) is 0 Å². The van der Waals surface area contributed by atoms with Crippen molar-refractivity contribution >= 4 is 23.9 Å². The van der Waals surface area contributed by atoms with Crippen molar-refractivity contribution in [2.75, 3.05) is 26.4 Å². The van der Waals surface area contributed by atoms with Crippen molar-refractivity contribution < 1.29 is 38.1 Å². The predicted octanol–water partition coefficient (Wildman–Crippen LogP) is 2.85. The van der Waals surface area contributed by atoms with Crippen molar-refractivity contribution in [3.63, 3.8) is 0 Å². The average Bonchev–Trinajstić information content (AvgIpc) is 2.79. The summed E-state index contributed by atoms with van der Waals surface area (Å²) in [6.07, 6.45) is 0. The number of pyridine rings is 2. The Morgan fingerprint density at radius 2 is 0.875 bits per heavy atom. The zero-order chi connectivity index (χ0) is 23.7. The summed E-state index contributed by atoms with van der Waals surface area (Å²) in [5, 5.41) is 0. The summed E-state index contributed by atoms with van der Waals surface area (Å²) in [5.41, 5.74) is -0.620. The van der Waals surface area contributed by atoms with Crippen LogP contribution < -0.4 is 0 Å². The molecule has 170 valence electrons. The third-order valence-electron chi connectivity index (χ3n) is 3.97. The van der Waals surface area contributed by atoms with Gasteiger partial charge in [0.1, 0.15) is 22.8 Å². The highest BCUT2D eigenvalue weighted by molar-refractivity contribution is 6.03. The maximum atomic E-state index is 12.6. The van der Waals surface area contributed by atoms with Gasteiger partial charge < -0.3 is 18.9 Å². The van der Waals surface area contributed by atoms with Gasteiger partial charge in [0.05, 0.1) is 37.6 Å². The highest BCUT2D eigenvalue weighted by atomic mass is 16.5. The van der Waals surface area contributed by atoms with Crippen LogP contribution in [0.2, 0.25) is 0 Å². The lowest BCUT2D eigenvalue weighted by atomic mass is 10.0. The molecule has 0 atom stereocenters. The zero-order valence-electron chi connectivity index (χ0n) is 18.3. The van der Waals surface area contributed by atoms with E-state index in [0.717, 1.165) is 0 Å². The Bertz CT molecular complexity index is 937. The first-order valence-electron chi connectivity index (χ1n) is 10.1. The summed E-state index contributed by atoms with van der Waals surface area (Å²) in [5.74, 6) is -2.96. The molecule has 0 bridgehead atoms. The lowest BCUT2D eigenvalue weighted by Gasteiger charge is -2.13. The van der Waals surface area contributed by atoms with Crippen LogP contribution in [0.25, 0.3) is 11.4 Å². The van der Waals surface area contributed by atoms with Crippen molar-refractivity contribution in [1.29, 1.82) is 0 Å². The molecule has 32 heavy (non-hydrogen) atoms. The van der Waals surface area contributed by atoms with E-state index >= 15 is 0 Å². The monoisotopic (exact) mass is 444 g/mol. The van der Waals surface area contributed by atoms with Crippen LogP contribution in [0.4, 0.5) is 0 Å². The van der Waals surface area contributed by atoms with E-state index in [1.165, 1.54) is 24.3 Å². The summed E-state index contributed by atoms with van der Waals surface area (Å²) in [7, 11) is 0. The van der Waals surface area contributed by atoms with Gasteiger partial charge in [0.25, 0.3) is 0 Å². The van der Waals surface area contributed by atoms with Gasteiger partial charge in [-0.1, -0.05) is 0 Å². The molecule has 2 aromatic heterocycles. The van der Waals surface area contributed by atoms with Gasteiger partial charge in [0, 0.05) is 0 Å². The van der Waals surface area contributed by atoms with Crippen LogP contribution in [0.15, 0.2) is 24.3 Å². The van der Waals surface area contributed by atoms with Gasteiger partial charge >= 0.3 is 23.9 Å². The highest BCUT2D eigenvalue weighted by Gasteiger charge is 2.26. The first-order valence-corrected chi connectivity index (χ1v) is 10.1. The summed E-state index contributed by atoms with van der Waals surface area (Å²) in [6.45, 7) is 6.91.